The lowest BCUT2D eigenvalue weighted by Crippen LogP contribution is -2.39. The zero-order valence-corrected chi connectivity index (χ0v) is 22.5. The Bertz CT molecular complexity index is 480. The Labute approximate surface area is 193 Å². The fraction of sp³-hybridized carbons (Fsp3) is 0.923. The number of hydrogen-bond donors (Lipinski definition) is 2. The van der Waals surface area contributed by atoms with Gasteiger partial charge in [-0.1, -0.05) is 81.1 Å². The van der Waals surface area contributed by atoms with Gasteiger partial charge in [0.2, 0.25) is 11.8 Å². The van der Waals surface area contributed by atoms with Gasteiger partial charge in [0.15, 0.2) is 0 Å². The Hall–Kier alpha value is -1.10. The van der Waals surface area contributed by atoms with Crippen LogP contribution in [0.3, 0.4) is 0 Å². The fourth-order valence-electron chi connectivity index (χ4n) is 2.81. The number of amides is 2. The van der Waals surface area contributed by atoms with Crippen LogP contribution in [0.5, 0.6) is 0 Å². The van der Waals surface area contributed by atoms with Crippen molar-refractivity contribution in [2.75, 3.05) is 19.7 Å². The number of ether oxygens (including phenoxy) is 1. The minimum Gasteiger partial charge on any atom is -0.375 e. The number of carbonyl (C=O) groups is 2. The first-order valence-corrected chi connectivity index (χ1v) is 12.4. The molecule has 0 unspecified atom stereocenters. The van der Waals surface area contributed by atoms with E-state index in [9.17, 15) is 9.59 Å². The lowest BCUT2D eigenvalue weighted by atomic mass is 9.88. The van der Waals surface area contributed by atoms with Gasteiger partial charge in [0, 0.05) is 31.5 Å². The zero-order chi connectivity index (χ0) is 24.6. The van der Waals surface area contributed by atoms with Crippen molar-refractivity contribution in [3.8, 4) is 0 Å². The fourth-order valence-corrected chi connectivity index (χ4v) is 2.81. The molecule has 0 aliphatic rings. The Morgan fingerprint density at radius 3 is 1.87 bits per heavy atom. The quantitative estimate of drug-likeness (QED) is 0.312. The van der Waals surface area contributed by atoms with Crippen molar-refractivity contribution >= 4 is 11.8 Å². The van der Waals surface area contributed by atoms with Gasteiger partial charge in [0.25, 0.3) is 0 Å². The SMILES string of the molecule is CCC.CCCCCCNC(=O)C(C)(C)CCOC(C)(C)CCNC(=O)CC(C)(C)C. The van der Waals surface area contributed by atoms with Crippen molar-refractivity contribution < 1.29 is 14.3 Å². The second kappa shape index (κ2) is 16.5. The summed E-state index contributed by atoms with van der Waals surface area (Å²) in [6.07, 6.45) is 7.82. The lowest BCUT2D eigenvalue weighted by Gasteiger charge is -2.29. The van der Waals surface area contributed by atoms with Crippen LogP contribution in [0.15, 0.2) is 0 Å². The smallest absolute Gasteiger partial charge is 0.225 e. The van der Waals surface area contributed by atoms with Crippen LogP contribution < -0.4 is 10.6 Å². The van der Waals surface area contributed by atoms with Crippen molar-refractivity contribution in [1.29, 1.82) is 0 Å². The highest BCUT2D eigenvalue weighted by Gasteiger charge is 2.28. The average Bonchev–Trinajstić information content (AvgIpc) is 2.59. The maximum absolute atomic E-state index is 12.4. The van der Waals surface area contributed by atoms with E-state index in [0.29, 0.717) is 26.0 Å². The Kier molecular flexibility index (Phi) is 17.1. The van der Waals surface area contributed by atoms with Crippen LogP contribution in [0.2, 0.25) is 0 Å². The maximum atomic E-state index is 12.4. The second-order valence-electron chi connectivity index (χ2n) is 11.1. The molecule has 0 rings (SSSR count). The average molecular weight is 443 g/mol. The van der Waals surface area contributed by atoms with Gasteiger partial charge in [0.1, 0.15) is 0 Å². The predicted octanol–water partition coefficient (Wildman–Crippen LogP) is 6.25. The van der Waals surface area contributed by atoms with Gasteiger partial charge in [-0.2, -0.15) is 0 Å². The molecule has 0 radical (unpaired) electrons. The van der Waals surface area contributed by atoms with Crippen molar-refractivity contribution in [3.05, 3.63) is 0 Å². The highest BCUT2D eigenvalue weighted by atomic mass is 16.5. The first kappa shape index (κ1) is 32.1. The Morgan fingerprint density at radius 2 is 1.35 bits per heavy atom. The van der Waals surface area contributed by atoms with E-state index in [-0.39, 0.29) is 22.8 Å². The van der Waals surface area contributed by atoms with Gasteiger partial charge in [-0.05, 0) is 38.5 Å². The predicted molar refractivity (Wildman–Crippen MR) is 133 cm³/mol. The molecule has 0 atom stereocenters. The summed E-state index contributed by atoms with van der Waals surface area (Å²) in [5.74, 6) is 0.180. The summed E-state index contributed by atoms with van der Waals surface area (Å²) in [5, 5.41) is 6.03. The van der Waals surface area contributed by atoms with Gasteiger partial charge in [-0.25, -0.2) is 0 Å². The molecule has 5 heteroatoms. The van der Waals surface area contributed by atoms with Gasteiger partial charge >= 0.3 is 0 Å². The summed E-state index contributed by atoms with van der Waals surface area (Å²) in [6, 6.07) is 0. The van der Waals surface area contributed by atoms with Gasteiger partial charge in [-0.15, -0.1) is 0 Å². The van der Waals surface area contributed by atoms with E-state index in [1.807, 2.05) is 27.7 Å². The molecule has 0 aromatic rings. The van der Waals surface area contributed by atoms with Gasteiger partial charge < -0.3 is 15.4 Å². The number of nitrogens with one attached hydrogen (secondary N) is 2. The molecule has 0 spiro atoms. The number of hydrogen-bond acceptors (Lipinski definition) is 3. The van der Waals surface area contributed by atoms with E-state index in [1.165, 1.54) is 25.7 Å². The molecular weight excluding hydrogens is 388 g/mol. The van der Waals surface area contributed by atoms with Crippen molar-refractivity contribution in [3.63, 3.8) is 0 Å². The third-order valence-corrected chi connectivity index (χ3v) is 4.89. The summed E-state index contributed by atoms with van der Waals surface area (Å²) >= 11 is 0. The van der Waals surface area contributed by atoms with Crippen LogP contribution >= 0.6 is 0 Å². The molecule has 0 aliphatic carbocycles. The van der Waals surface area contributed by atoms with E-state index in [2.05, 4.69) is 52.2 Å². The zero-order valence-electron chi connectivity index (χ0n) is 22.5. The number of carbonyl (C=O) groups excluding carboxylic acids is 2. The third-order valence-electron chi connectivity index (χ3n) is 4.89. The van der Waals surface area contributed by atoms with Crippen molar-refractivity contribution in [1.82, 2.24) is 10.6 Å². The molecule has 0 saturated carbocycles. The third kappa shape index (κ3) is 20.6. The number of unbranched alkanes of at least 4 members (excludes halogenated alkanes) is 3. The molecule has 2 N–H and O–H groups in total. The van der Waals surface area contributed by atoms with E-state index < -0.39 is 5.41 Å². The van der Waals surface area contributed by atoms with E-state index in [0.717, 1.165) is 19.4 Å². The second-order valence-corrected chi connectivity index (χ2v) is 11.1. The highest BCUT2D eigenvalue weighted by Crippen LogP contribution is 2.23. The molecule has 2 amide bonds. The Morgan fingerprint density at radius 1 is 0.774 bits per heavy atom. The molecule has 0 aliphatic heterocycles. The summed E-state index contributed by atoms with van der Waals surface area (Å²) in [5.41, 5.74) is -0.776. The summed E-state index contributed by atoms with van der Waals surface area (Å²) in [7, 11) is 0. The normalized spacial score (nSPS) is 12.1. The monoisotopic (exact) mass is 442 g/mol. The molecule has 0 aromatic heterocycles. The van der Waals surface area contributed by atoms with Crippen molar-refractivity contribution in [2.24, 2.45) is 10.8 Å². The topological polar surface area (TPSA) is 67.4 Å². The van der Waals surface area contributed by atoms with Crippen LogP contribution in [0.25, 0.3) is 0 Å². The molecule has 0 fully saturated rings. The molecule has 0 saturated heterocycles. The van der Waals surface area contributed by atoms with Crippen LogP contribution in [-0.4, -0.2) is 37.1 Å². The van der Waals surface area contributed by atoms with E-state index >= 15 is 0 Å². The molecule has 186 valence electrons. The van der Waals surface area contributed by atoms with Crippen LogP contribution in [0.4, 0.5) is 0 Å². The maximum Gasteiger partial charge on any atom is 0.225 e. The van der Waals surface area contributed by atoms with Crippen LogP contribution in [-0.2, 0) is 14.3 Å². The van der Waals surface area contributed by atoms with Crippen LogP contribution in [0.1, 0.15) is 121 Å². The van der Waals surface area contributed by atoms with E-state index in [4.69, 9.17) is 4.74 Å². The molecular formula is C26H54N2O3. The van der Waals surface area contributed by atoms with Gasteiger partial charge in [-0.3, -0.25) is 9.59 Å². The van der Waals surface area contributed by atoms with Crippen LogP contribution in [0, 0.1) is 10.8 Å². The first-order valence-electron chi connectivity index (χ1n) is 12.4. The molecule has 0 bridgehead atoms. The summed E-state index contributed by atoms with van der Waals surface area (Å²) in [4.78, 5) is 24.3. The summed E-state index contributed by atoms with van der Waals surface area (Å²) < 4.78 is 6.02. The minimum atomic E-state index is -0.443. The molecule has 0 aromatic carbocycles. The minimum absolute atomic E-state index is 0.00173. The first-order chi connectivity index (χ1) is 14.2. The number of rotatable bonds is 14. The van der Waals surface area contributed by atoms with E-state index in [1.54, 1.807) is 0 Å². The van der Waals surface area contributed by atoms with Crippen molar-refractivity contribution in [2.45, 2.75) is 126 Å². The van der Waals surface area contributed by atoms with Gasteiger partial charge in [0.05, 0.1) is 5.60 Å². The standard InChI is InChI=1S/C23H46N2O3.C3H8/c1-9-10-11-12-15-25-20(27)22(5,6)14-17-28-23(7,8)13-16-24-19(26)18-21(2,3)4;1-3-2/h9-18H2,1-8H3,(H,24,26)(H,25,27);3H2,1-2H3. The molecule has 0 heterocycles. The Balaban J connectivity index is 0. The lowest BCUT2D eigenvalue weighted by molar-refractivity contribution is -0.131. The molecule has 31 heavy (non-hydrogen) atoms. The largest absolute Gasteiger partial charge is 0.375 e. The summed E-state index contributed by atoms with van der Waals surface area (Å²) in [6.45, 7) is 22.5. The highest BCUT2D eigenvalue weighted by molar-refractivity contribution is 5.81. The molecule has 5 nitrogen and oxygen atoms in total.